The molecule has 4 nitrogen and oxygen atoms in total. The Morgan fingerprint density at radius 1 is 1.44 bits per heavy atom. The molecule has 0 bridgehead atoms. The van der Waals surface area contributed by atoms with Gasteiger partial charge in [0.1, 0.15) is 5.54 Å². The van der Waals surface area contributed by atoms with E-state index in [1.807, 2.05) is 6.92 Å². The Morgan fingerprint density at radius 3 is 2.94 bits per heavy atom. The Labute approximate surface area is 110 Å². The average Bonchev–Trinajstić information content (AvgIpc) is 2.59. The van der Waals surface area contributed by atoms with E-state index in [-0.39, 0.29) is 11.5 Å². The lowest BCUT2D eigenvalue weighted by atomic mass is 9.93. The number of nitrogens with one attached hydrogen (secondary N) is 1. The highest BCUT2D eigenvalue weighted by Gasteiger charge is 2.49. The zero-order chi connectivity index (χ0) is 13.0. The second kappa shape index (κ2) is 6.02. The maximum absolute atomic E-state index is 12.4. The predicted molar refractivity (Wildman–Crippen MR) is 71.4 cm³/mol. The maximum atomic E-state index is 12.4. The Balaban J connectivity index is 2.15. The summed E-state index contributed by atoms with van der Waals surface area (Å²) in [4.78, 5) is 14.8. The van der Waals surface area contributed by atoms with Gasteiger partial charge in [-0.3, -0.25) is 9.69 Å². The molecule has 0 spiro atoms. The zero-order valence-electron chi connectivity index (χ0n) is 11.7. The lowest BCUT2D eigenvalue weighted by Gasteiger charge is -2.38. The van der Waals surface area contributed by atoms with Gasteiger partial charge in [-0.15, -0.1) is 0 Å². The number of esters is 1. The molecule has 2 fully saturated rings. The second-order valence-electron chi connectivity index (χ2n) is 5.69. The van der Waals surface area contributed by atoms with Gasteiger partial charge in [0.05, 0.1) is 6.61 Å². The Kier molecular flexibility index (Phi) is 4.62. The van der Waals surface area contributed by atoms with Crippen molar-refractivity contribution in [2.24, 2.45) is 5.92 Å². The standard InChI is InChI=1S/C14H26N2O2/c1-3-18-13(17)14(6-5-12(2)11-14)16-9-4-7-15-8-10-16/h12,15H,3-11H2,1-2H3. The SMILES string of the molecule is CCOC(=O)C1(N2CCCNCC2)CCC(C)C1. The van der Waals surface area contributed by atoms with Crippen LogP contribution in [0.15, 0.2) is 0 Å². The first-order valence-electron chi connectivity index (χ1n) is 7.32. The number of rotatable bonds is 3. The van der Waals surface area contributed by atoms with Gasteiger partial charge >= 0.3 is 5.97 Å². The molecular weight excluding hydrogens is 228 g/mol. The van der Waals surface area contributed by atoms with Crippen LogP contribution in [0, 0.1) is 5.92 Å². The molecule has 1 saturated heterocycles. The van der Waals surface area contributed by atoms with Crippen LogP contribution in [0.3, 0.4) is 0 Å². The maximum Gasteiger partial charge on any atom is 0.326 e. The van der Waals surface area contributed by atoms with Gasteiger partial charge in [0.25, 0.3) is 0 Å². The molecule has 1 N–H and O–H groups in total. The van der Waals surface area contributed by atoms with Gasteiger partial charge in [-0.1, -0.05) is 6.92 Å². The quantitative estimate of drug-likeness (QED) is 0.773. The lowest BCUT2D eigenvalue weighted by molar-refractivity contribution is -0.158. The fraction of sp³-hybridized carbons (Fsp3) is 0.929. The molecule has 1 aliphatic carbocycles. The van der Waals surface area contributed by atoms with Crippen LogP contribution in [-0.4, -0.2) is 49.2 Å². The molecule has 0 aromatic rings. The minimum atomic E-state index is -0.332. The third-order valence-electron chi connectivity index (χ3n) is 4.34. The second-order valence-corrected chi connectivity index (χ2v) is 5.69. The summed E-state index contributed by atoms with van der Waals surface area (Å²) in [5.41, 5.74) is -0.332. The molecule has 4 heteroatoms. The van der Waals surface area contributed by atoms with E-state index in [0.29, 0.717) is 12.5 Å². The van der Waals surface area contributed by atoms with Crippen molar-refractivity contribution < 1.29 is 9.53 Å². The predicted octanol–water partition coefficient (Wildman–Crippen LogP) is 1.40. The lowest BCUT2D eigenvalue weighted by Crippen LogP contribution is -2.55. The van der Waals surface area contributed by atoms with Crippen molar-refractivity contribution in [2.45, 2.75) is 45.1 Å². The highest BCUT2D eigenvalue weighted by atomic mass is 16.5. The number of ether oxygens (including phenoxy) is 1. The number of carbonyl (C=O) groups is 1. The van der Waals surface area contributed by atoms with Gasteiger partial charge < -0.3 is 10.1 Å². The summed E-state index contributed by atoms with van der Waals surface area (Å²) in [6, 6.07) is 0. The first-order chi connectivity index (χ1) is 8.69. The first kappa shape index (κ1) is 13.8. The molecule has 0 aromatic heterocycles. The molecular formula is C14H26N2O2. The molecule has 2 rings (SSSR count). The molecule has 1 aliphatic heterocycles. The summed E-state index contributed by atoms with van der Waals surface area (Å²) in [5, 5.41) is 3.41. The van der Waals surface area contributed by atoms with E-state index >= 15 is 0 Å². The van der Waals surface area contributed by atoms with Crippen molar-refractivity contribution in [3.05, 3.63) is 0 Å². The topological polar surface area (TPSA) is 41.6 Å². The van der Waals surface area contributed by atoms with Crippen LogP contribution in [-0.2, 0) is 9.53 Å². The number of hydrogen-bond acceptors (Lipinski definition) is 4. The molecule has 2 aliphatic rings. The van der Waals surface area contributed by atoms with Crippen molar-refractivity contribution in [3.63, 3.8) is 0 Å². The number of carbonyl (C=O) groups excluding carboxylic acids is 1. The van der Waals surface area contributed by atoms with Gasteiger partial charge in [0.2, 0.25) is 0 Å². The summed E-state index contributed by atoms with van der Waals surface area (Å²) in [5.74, 6) is 0.641. The molecule has 1 saturated carbocycles. The van der Waals surface area contributed by atoms with E-state index in [1.165, 1.54) is 0 Å². The van der Waals surface area contributed by atoms with Crippen molar-refractivity contribution in [2.75, 3.05) is 32.8 Å². The monoisotopic (exact) mass is 254 g/mol. The van der Waals surface area contributed by atoms with Crippen LogP contribution in [0.2, 0.25) is 0 Å². The van der Waals surface area contributed by atoms with E-state index in [0.717, 1.165) is 51.9 Å². The van der Waals surface area contributed by atoms with Gasteiger partial charge in [0, 0.05) is 19.6 Å². The highest BCUT2D eigenvalue weighted by molar-refractivity contribution is 5.81. The van der Waals surface area contributed by atoms with E-state index < -0.39 is 0 Å². The van der Waals surface area contributed by atoms with Crippen molar-refractivity contribution >= 4 is 5.97 Å². The molecule has 0 aromatic carbocycles. The molecule has 2 unspecified atom stereocenters. The summed E-state index contributed by atoms with van der Waals surface area (Å²) >= 11 is 0. The molecule has 104 valence electrons. The normalized spacial score (nSPS) is 34.2. The van der Waals surface area contributed by atoms with Gasteiger partial charge in [-0.2, -0.15) is 0 Å². The Bertz CT molecular complexity index is 288. The number of nitrogens with zero attached hydrogens (tertiary/aromatic N) is 1. The molecule has 0 amide bonds. The van der Waals surface area contributed by atoms with E-state index in [2.05, 4.69) is 17.1 Å². The van der Waals surface area contributed by atoms with Crippen molar-refractivity contribution in [1.82, 2.24) is 10.2 Å². The van der Waals surface area contributed by atoms with Crippen LogP contribution < -0.4 is 5.32 Å². The molecule has 1 heterocycles. The highest BCUT2D eigenvalue weighted by Crippen LogP contribution is 2.40. The smallest absolute Gasteiger partial charge is 0.326 e. The number of hydrogen-bond donors (Lipinski definition) is 1. The summed E-state index contributed by atoms with van der Waals surface area (Å²) in [7, 11) is 0. The summed E-state index contributed by atoms with van der Waals surface area (Å²) in [6.07, 6.45) is 4.19. The third kappa shape index (κ3) is 2.69. The Morgan fingerprint density at radius 2 is 2.28 bits per heavy atom. The van der Waals surface area contributed by atoms with Crippen LogP contribution in [0.25, 0.3) is 0 Å². The van der Waals surface area contributed by atoms with E-state index in [1.54, 1.807) is 0 Å². The van der Waals surface area contributed by atoms with Gasteiger partial charge in [0.15, 0.2) is 0 Å². The van der Waals surface area contributed by atoms with Crippen LogP contribution >= 0.6 is 0 Å². The molecule has 2 atom stereocenters. The summed E-state index contributed by atoms with van der Waals surface area (Å²) < 4.78 is 5.37. The van der Waals surface area contributed by atoms with Crippen molar-refractivity contribution in [3.8, 4) is 0 Å². The minimum Gasteiger partial charge on any atom is -0.465 e. The van der Waals surface area contributed by atoms with Crippen molar-refractivity contribution in [1.29, 1.82) is 0 Å². The first-order valence-corrected chi connectivity index (χ1v) is 7.32. The zero-order valence-corrected chi connectivity index (χ0v) is 11.7. The van der Waals surface area contributed by atoms with Crippen LogP contribution in [0.5, 0.6) is 0 Å². The molecule has 0 radical (unpaired) electrons. The van der Waals surface area contributed by atoms with Crippen LogP contribution in [0.4, 0.5) is 0 Å². The Hall–Kier alpha value is -0.610. The van der Waals surface area contributed by atoms with Gasteiger partial charge in [-0.05, 0) is 45.1 Å². The fourth-order valence-electron chi connectivity index (χ4n) is 3.41. The average molecular weight is 254 g/mol. The van der Waals surface area contributed by atoms with Gasteiger partial charge in [-0.25, -0.2) is 0 Å². The summed E-state index contributed by atoms with van der Waals surface area (Å²) in [6.45, 7) is 8.65. The van der Waals surface area contributed by atoms with E-state index in [4.69, 9.17) is 4.74 Å². The minimum absolute atomic E-state index is 0.0104. The van der Waals surface area contributed by atoms with E-state index in [9.17, 15) is 4.79 Å². The van der Waals surface area contributed by atoms with Crippen LogP contribution in [0.1, 0.15) is 39.5 Å². The third-order valence-corrected chi connectivity index (χ3v) is 4.34. The fourth-order valence-corrected chi connectivity index (χ4v) is 3.41. The largest absolute Gasteiger partial charge is 0.465 e. The molecule has 18 heavy (non-hydrogen) atoms.